The predicted octanol–water partition coefficient (Wildman–Crippen LogP) is 2.37. The van der Waals surface area contributed by atoms with Gasteiger partial charge in [0.05, 0.1) is 0 Å². The van der Waals surface area contributed by atoms with Crippen LogP contribution in [0.2, 0.25) is 0 Å². The molecule has 1 rings (SSSR count). The maximum atomic E-state index is 5.61. The van der Waals surface area contributed by atoms with E-state index in [1.165, 1.54) is 16.7 Å². The van der Waals surface area contributed by atoms with Crippen LogP contribution in [-0.2, 0) is 0 Å². The van der Waals surface area contributed by atoms with Crippen LogP contribution in [-0.4, -0.2) is 6.54 Å². The molecule has 1 heteroatoms. The molecule has 0 amide bonds. The minimum Gasteiger partial charge on any atom is -0.330 e. The molecule has 0 aromatic heterocycles. The Hall–Kier alpha value is -0.820. The second-order valence-corrected chi connectivity index (χ2v) is 3.50. The lowest BCUT2D eigenvalue weighted by Crippen LogP contribution is -2.10. The van der Waals surface area contributed by atoms with Crippen molar-refractivity contribution < 1.29 is 0 Å². The Morgan fingerprint density at radius 2 is 2.00 bits per heavy atom. The van der Waals surface area contributed by atoms with E-state index in [0.29, 0.717) is 5.92 Å². The van der Waals surface area contributed by atoms with Gasteiger partial charge in [0.1, 0.15) is 0 Å². The smallest absolute Gasteiger partial charge is 0.00108 e. The summed E-state index contributed by atoms with van der Waals surface area (Å²) >= 11 is 0. The maximum absolute atomic E-state index is 5.61. The number of benzene rings is 1. The summed E-state index contributed by atoms with van der Waals surface area (Å²) in [5.41, 5.74) is 9.66. The summed E-state index contributed by atoms with van der Waals surface area (Å²) < 4.78 is 0. The molecule has 0 aliphatic heterocycles. The SMILES string of the molecule is Cc1ccc(C(C)CN)c(C)c1. The first-order chi connectivity index (χ1) is 5.65. The maximum Gasteiger partial charge on any atom is -0.00108 e. The molecule has 1 atom stereocenters. The van der Waals surface area contributed by atoms with E-state index in [1.807, 2.05) is 0 Å². The van der Waals surface area contributed by atoms with Crippen LogP contribution < -0.4 is 5.73 Å². The molecule has 0 radical (unpaired) electrons. The zero-order chi connectivity index (χ0) is 9.14. The summed E-state index contributed by atoms with van der Waals surface area (Å²) in [5.74, 6) is 0.477. The zero-order valence-electron chi connectivity index (χ0n) is 8.09. The molecule has 0 heterocycles. The van der Waals surface area contributed by atoms with Gasteiger partial charge in [-0.1, -0.05) is 30.7 Å². The molecular weight excluding hydrogens is 146 g/mol. The fourth-order valence-corrected chi connectivity index (χ4v) is 1.51. The van der Waals surface area contributed by atoms with Crippen LogP contribution in [0.4, 0.5) is 0 Å². The van der Waals surface area contributed by atoms with Crippen LogP contribution in [0.1, 0.15) is 29.5 Å². The van der Waals surface area contributed by atoms with Crippen LogP contribution in [0.15, 0.2) is 18.2 Å². The van der Waals surface area contributed by atoms with Crippen molar-refractivity contribution >= 4 is 0 Å². The lowest BCUT2D eigenvalue weighted by molar-refractivity contribution is 0.767. The van der Waals surface area contributed by atoms with Gasteiger partial charge in [-0.15, -0.1) is 0 Å². The van der Waals surface area contributed by atoms with Crippen molar-refractivity contribution in [2.45, 2.75) is 26.7 Å². The molecule has 66 valence electrons. The number of rotatable bonds is 2. The number of hydrogen-bond donors (Lipinski definition) is 1. The summed E-state index contributed by atoms with van der Waals surface area (Å²) in [7, 11) is 0. The number of hydrogen-bond acceptors (Lipinski definition) is 1. The second kappa shape index (κ2) is 3.72. The summed E-state index contributed by atoms with van der Waals surface area (Å²) in [6.45, 7) is 7.15. The van der Waals surface area contributed by atoms with Gasteiger partial charge in [-0.25, -0.2) is 0 Å². The van der Waals surface area contributed by atoms with Gasteiger partial charge in [0.15, 0.2) is 0 Å². The first kappa shape index (κ1) is 9.27. The van der Waals surface area contributed by atoms with Crippen molar-refractivity contribution in [3.63, 3.8) is 0 Å². The number of aryl methyl sites for hydroxylation is 2. The van der Waals surface area contributed by atoms with Crippen LogP contribution in [0.25, 0.3) is 0 Å². The lowest BCUT2D eigenvalue weighted by atomic mass is 9.95. The molecule has 0 saturated carbocycles. The molecule has 1 aromatic carbocycles. The number of nitrogens with two attached hydrogens (primary N) is 1. The van der Waals surface area contributed by atoms with E-state index in [9.17, 15) is 0 Å². The fraction of sp³-hybridized carbons (Fsp3) is 0.455. The van der Waals surface area contributed by atoms with E-state index in [-0.39, 0.29) is 0 Å². The highest BCUT2D eigenvalue weighted by atomic mass is 14.5. The van der Waals surface area contributed by atoms with Gasteiger partial charge in [0, 0.05) is 0 Å². The highest BCUT2D eigenvalue weighted by Crippen LogP contribution is 2.19. The van der Waals surface area contributed by atoms with Crippen LogP contribution >= 0.6 is 0 Å². The van der Waals surface area contributed by atoms with Gasteiger partial charge in [-0.05, 0) is 37.4 Å². The second-order valence-electron chi connectivity index (χ2n) is 3.50. The third-order valence-corrected chi connectivity index (χ3v) is 2.31. The summed E-state index contributed by atoms with van der Waals surface area (Å²) in [6.07, 6.45) is 0. The Labute approximate surface area is 74.6 Å². The van der Waals surface area contributed by atoms with Gasteiger partial charge in [-0.3, -0.25) is 0 Å². The molecular formula is C11H17N. The van der Waals surface area contributed by atoms with Crippen LogP contribution in [0.3, 0.4) is 0 Å². The molecule has 0 fully saturated rings. The molecule has 0 aliphatic rings. The Morgan fingerprint density at radius 3 is 2.50 bits per heavy atom. The lowest BCUT2D eigenvalue weighted by Gasteiger charge is -2.12. The largest absolute Gasteiger partial charge is 0.330 e. The van der Waals surface area contributed by atoms with Gasteiger partial charge in [0.25, 0.3) is 0 Å². The first-order valence-corrected chi connectivity index (χ1v) is 4.42. The van der Waals surface area contributed by atoms with Gasteiger partial charge in [-0.2, -0.15) is 0 Å². The van der Waals surface area contributed by atoms with Crippen molar-refractivity contribution in [3.05, 3.63) is 34.9 Å². The van der Waals surface area contributed by atoms with E-state index in [1.54, 1.807) is 0 Å². The quantitative estimate of drug-likeness (QED) is 0.711. The van der Waals surface area contributed by atoms with Crippen LogP contribution in [0.5, 0.6) is 0 Å². The van der Waals surface area contributed by atoms with Gasteiger partial charge in [0.2, 0.25) is 0 Å². The highest BCUT2D eigenvalue weighted by Gasteiger charge is 2.05. The molecule has 2 N–H and O–H groups in total. The van der Waals surface area contributed by atoms with Crippen molar-refractivity contribution in [3.8, 4) is 0 Å². The molecule has 1 unspecified atom stereocenters. The zero-order valence-corrected chi connectivity index (χ0v) is 8.09. The third kappa shape index (κ3) is 1.86. The Balaban J connectivity index is 3.01. The third-order valence-electron chi connectivity index (χ3n) is 2.31. The van der Waals surface area contributed by atoms with Gasteiger partial charge < -0.3 is 5.73 Å². The van der Waals surface area contributed by atoms with Crippen molar-refractivity contribution in [1.82, 2.24) is 0 Å². The summed E-state index contributed by atoms with van der Waals surface area (Å²) in [4.78, 5) is 0. The molecule has 1 nitrogen and oxygen atoms in total. The van der Waals surface area contributed by atoms with E-state index >= 15 is 0 Å². The Kier molecular flexibility index (Phi) is 2.88. The average Bonchev–Trinajstić information content (AvgIpc) is 2.03. The van der Waals surface area contributed by atoms with Crippen molar-refractivity contribution in [2.75, 3.05) is 6.54 Å². The Bertz CT molecular complexity index is 266. The normalized spacial score (nSPS) is 13.0. The van der Waals surface area contributed by atoms with E-state index < -0.39 is 0 Å². The summed E-state index contributed by atoms with van der Waals surface area (Å²) in [6, 6.07) is 6.54. The summed E-state index contributed by atoms with van der Waals surface area (Å²) in [5, 5.41) is 0. The minimum absolute atomic E-state index is 0.477. The molecule has 0 bridgehead atoms. The average molecular weight is 163 g/mol. The Morgan fingerprint density at radius 1 is 1.33 bits per heavy atom. The fourth-order valence-electron chi connectivity index (χ4n) is 1.51. The molecule has 12 heavy (non-hydrogen) atoms. The predicted molar refractivity (Wildman–Crippen MR) is 53.4 cm³/mol. The van der Waals surface area contributed by atoms with Crippen molar-refractivity contribution in [1.29, 1.82) is 0 Å². The molecule has 0 aliphatic carbocycles. The van der Waals surface area contributed by atoms with Crippen LogP contribution in [0, 0.1) is 13.8 Å². The monoisotopic (exact) mass is 163 g/mol. The van der Waals surface area contributed by atoms with E-state index in [2.05, 4.69) is 39.0 Å². The van der Waals surface area contributed by atoms with E-state index in [0.717, 1.165) is 6.54 Å². The molecule has 1 aromatic rings. The van der Waals surface area contributed by atoms with Gasteiger partial charge >= 0.3 is 0 Å². The molecule has 0 saturated heterocycles. The highest BCUT2D eigenvalue weighted by molar-refractivity contribution is 5.32. The van der Waals surface area contributed by atoms with E-state index in [4.69, 9.17) is 5.73 Å². The van der Waals surface area contributed by atoms with Crippen molar-refractivity contribution in [2.24, 2.45) is 5.73 Å². The first-order valence-electron chi connectivity index (χ1n) is 4.42. The topological polar surface area (TPSA) is 26.0 Å². The standard InChI is InChI=1S/C11H17N/c1-8-4-5-11(9(2)6-8)10(3)7-12/h4-6,10H,7,12H2,1-3H3. The minimum atomic E-state index is 0.477. The molecule has 0 spiro atoms.